The highest BCUT2D eigenvalue weighted by Crippen LogP contribution is 2.37. The summed E-state index contributed by atoms with van der Waals surface area (Å²) in [5, 5.41) is 5.72. The second kappa shape index (κ2) is 5.25. The lowest BCUT2D eigenvalue weighted by molar-refractivity contribution is -0.118. The largest absolute Gasteiger partial charge is 0.482 e. The van der Waals surface area contributed by atoms with Crippen molar-refractivity contribution in [3.05, 3.63) is 40.6 Å². The van der Waals surface area contributed by atoms with Crippen molar-refractivity contribution in [2.75, 3.05) is 23.0 Å². The van der Waals surface area contributed by atoms with Crippen LogP contribution >= 0.6 is 15.9 Å². The van der Waals surface area contributed by atoms with Crippen LogP contribution in [0.3, 0.4) is 0 Å². The molecule has 1 heterocycles. The van der Waals surface area contributed by atoms with E-state index in [1.807, 2.05) is 0 Å². The molecule has 7 heteroatoms. The van der Waals surface area contributed by atoms with E-state index >= 15 is 0 Å². The molecule has 5 nitrogen and oxygen atoms in total. The van der Waals surface area contributed by atoms with Crippen molar-refractivity contribution in [1.82, 2.24) is 0 Å². The molecule has 2 aromatic carbocycles. The summed E-state index contributed by atoms with van der Waals surface area (Å²) in [6.07, 6.45) is 0. The molecule has 1 aliphatic heterocycles. The quantitative estimate of drug-likeness (QED) is 0.726. The molecule has 2 aromatic rings. The molecule has 0 aliphatic carbocycles. The van der Waals surface area contributed by atoms with Crippen molar-refractivity contribution in [2.45, 2.75) is 0 Å². The summed E-state index contributed by atoms with van der Waals surface area (Å²) >= 11 is 3.33. The van der Waals surface area contributed by atoms with E-state index in [9.17, 15) is 9.18 Å². The van der Waals surface area contributed by atoms with E-state index in [4.69, 9.17) is 10.5 Å². The first-order valence-corrected chi connectivity index (χ1v) is 6.90. The Morgan fingerprint density at radius 2 is 2.10 bits per heavy atom. The van der Waals surface area contributed by atoms with Crippen LogP contribution in [0, 0.1) is 5.82 Å². The number of anilines is 4. The summed E-state index contributed by atoms with van der Waals surface area (Å²) in [7, 11) is 0. The lowest BCUT2D eigenvalue weighted by Gasteiger charge is -2.20. The van der Waals surface area contributed by atoms with Crippen LogP contribution in [0.25, 0.3) is 0 Å². The number of carbonyl (C=O) groups excluding carboxylic acids is 1. The predicted molar refractivity (Wildman–Crippen MR) is 82.4 cm³/mol. The fourth-order valence-corrected chi connectivity index (χ4v) is 2.33. The van der Waals surface area contributed by atoms with Gasteiger partial charge in [0.25, 0.3) is 5.91 Å². The number of benzene rings is 2. The molecule has 0 unspecified atom stereocenters. The molecule has 1 amide bonds. The van der Waals surface area contributed by atoms with Gasteiger partial charge in [0, 0.05) is 10.5 Å². The van der Waals surface area contributed by atoms with Crippen molar-refractivity contribution in [2.24, 2.45) is 0 Å². The van der Waals surface area contributed by atoms with Crippen LogP contribution in [0.15, 0.2) is 34.8 Å². The highest BCUT2D eigenvalue weighted by molar-refractivity contribution is 9.10. The van der Waals surface area contributed by atoms with Gasteiger partial charge in [-0.15, -0.1) is 0 Å². The van der Waals surface area contributed by atoms with E-state index in [-0.39, 0.29) is 18.3 Å². The average Bonchev–Trinajstić information content (AvgIpc) is 2.44. The number of carbonyl (C=O) groups is 1. The molecule has 0 saturated carbocycles. The third-order valence-corrected chi connectivity index (χ3v) is 3.67. The zero-order valence-corrected chi connectivity index (χ0v) is 12.3. The Hall–Kier alpha value is -2.28. The maximum absolute atomic E-state index is 13.3. The summed E-state index contributed by atoms with van der Waals surface area (Å²) in [4.78, 5) is 11.3. The summed E-state index contributed by atoms with van der Waals surface area (Å²) in [5.41, 5.74) is 7.99. The van der Waals surface area contributed by atoms with Crippen LogP contribution in [0.5, 0.6) is 5.75 Å². The van der Waals surface area contributed by atoms with E-state index in [1.165, 1.54) is 12.1 Å². The fraction of sp³-hybridized carbons (Fsp3) is 0.0714. The summed E-state index contributed by atoms with van der Waals surface area (Å²) in [6, 6.07) is 7.55. The van der Waals surface area contributed by atoms with Gasteiger partial charge in [-0.3, -0.25) is 4.79 Å². The first-order chi connectivity index (χ1) is 10.0. The lowest BCUT2D eigenvalue weighted by atomic mass is 10.2. The number of nitrogens with two attached hydrogens (primary N) is 1. The smallest absolute Gasteiger partial charge is 0.262 e. The number of amides is 1. The average molecular weight is 352 g/mol. The molecule has 0 bridgehead atoms. The number of fused-ring (bicyclic) bond motifs is 1. The van der Waals surface area contributed by atoms with Crippen LogP contribution in [-0.4, -0.2) is 12.5 Å². The number of nitrogens with one attached hydrogen (secondary N) is 2. The van der Waals surface area contributed by atoms with E-state index in [1.54, 1.807) is 18.2 Å². The highest BCUT2D eigenvalue weighted by Gasteiger charge is 2.18. The zero-order valence-electron chi connectivity index (χ0n) is 10.7. The maximum atomic E-state index is 13.3. The van der Waals surface area contributed by atoms with E-state index < -0.39 is 0 Å². The van der Waals surface area contributed by atoms with E-state index in [0.717, 1.165) is 0 Å². The summed E-state index contributed by atoms with van der Waals surface area (Å²) in [6.45, 7) is -0.0331. The Morgan fingerprint density at radius 1 is 1.29 bits per heavy atom. The Bertz CT molecular complexity index is 736. The summed E-state index contributed by atoms with van der Waals surface area (Å²) < 4.78 is 19.3. The number of hydrogen-bond donors (Lipinski definition) is 3. The SMILES string of the molecule is Nc1cc2c(cc1Nc1cc(F)ccc1Br)NC(=O)CO2. The second-order valence-electron chi connectivity index (χ2n) is 4.52. The molecule has 0 radical (unpaired) electrons. The second-order valence-corrected chi connectivity index (χ2v) is 5.38. The van der Waals surface area contributed by atoms with Gasteiger partial charge in [-0.2, -0.15) is 0 Å². The highest BCUT2D eigenvalue weighted by atomic mass is 79.9. The molecule has 3 rings (SSSR count). The first kappa shape index (κ1) is 13.7. The number of rotatable bonds is 2. The molecule has 0 atom stereocenters. The zero-order chi connectivity index (χ0) is 15.0. The molecule has 0 spiro atoms. The molecule has 1 aliphatic rings. The minimum Gasteiger partial charge on any atom is -0.482 e. The molecule has 108 valence electrons. The number of ether oxygens (including phenoxy) is 1. The van der Waals surface area contributed by atoms with Gasteiger partial charge in [0.1, 0.15) is 11.6 Å². The van der Waals surface area contributed by atoms with E-state index in [0.29, 0.717) is 33.0 Å². The third-order valence-electron chi connectivity index (χ3n) is 2.98. The number of hydrogen-bond acceptors (Lipinski definition) is 4. The van der Waals surface area contributed by atoms with Crippen LogP contribution in [-0.2, 0) is 4.79 Å². The molecular formula is C14H11BrFN3O2. The lowest BCUT2D eigenvalue weighted by Crippen LogP contribution is -2.25. The molecule has 0 saturated heterocycles. The molecular weight excluding hydrogens is 341 g/mol. The van der Waals surface area contributed by atoms with Gasteiger partial charge < -0.3 is 21.1 Å². The van der Waals surface area contributed by atoms with Gasteiger partial charge in [0.15, 0.2) is 6.61 Å². The van der Waals surface area contributed by atoms with Crippen molar-refractivity contribution < 1.29 is 13.9 Å². The van der Waals surface area contributed by atoms with Crippen molar-refractivity contribution >= 4 is 44.6 Å². The van der Waals surface area contributed by atoms with Gasteiger partial charge in [-0.25, -0.2) is 4.39 Å². The van der Waals surface area contributed by atoms with Crippen molar-refractivity contribution in [3.63, 3.8) is 0 Å². The Labute approximate surface area is 128 Å². The van der Waals surface area contributed by atoms with Crippen molar-refractivity contribution in [1.29, 1.82) is 0 Å². The standard InChI is InChI=1S/C14H11BrFN3O2/c15-8-2-1-7(16)3-10(8)18-11-5-12-13(4-9(11)17)21-6-14(20)19-12/h1-5,18H,6,17H2,(H,19,20). The minimum atomic E-state index is -0.367. The van der Waals surface area contributed by atoms with Gasteiger partial charge in [0.05, 0.1) is 22.7 Å². The normalized spacial score (nSPS) is 13.1. The molecule has 21 heavy (non-hydrogen) atoms. The Balaban J connectivity index is 1.97. The van der Waals surface area contributed by atoms with Crippen LogP contribution in [0.2, 0.25) is 0 Å². The van der Waals surface area contributed by atoms with Gasteiger partial charge >= 0.3 is 0 Å². The maximum Gasteiger partial charge on any atom is 0.262 e. The van der Waals surface area contributed by atoms with Gasteiger partial charge in [0.2, 0.25) is 0 Å². The summed E-state index contributed by atoms with van der Waals surface area (Å²) in [5.74, 6) is -0.0880. The third kappa shape index (κ3) is 2.78. The molecule has 4 N–H and O–H groups in total. The van der Waals surface area contributed by atoms with Gasteiger partial charge in [-0.1, -0.05) is 0 Å². The van der Waals surface area contributed by atoms with Crippen LogP contribution < -0.4 is 21.1 Å². The molecule has 0 aromatic heterocycles. The monoisotopic (exact) mass is 351 g/mol. The predicted octanol–water partition coefficient (Wildman–Crippen LogP) is 3.24. The van der Waals surface area contributed by atoms with Crippen molar-refractivity contribution in [3.8, 4) is 5.75 Å². The van der Waals surface area contributed by atoms with Crippen LogP contribution in [0.4, 0.5) is 27.1 Å². The Morgan fingerprint density at radius 3 is 2.90 bits per heavy atom. The minimum absolute atomic E-state index is 0.0331. The van der Waals surface area contributed by atoms with Crippen LogP contribution in [0.1, 0.15) is 0 Å². The Kier molecular flexibility index (Phi) is 3.42. The molecule has 0 fully saturated rings. The topological polar surface area (TPSA) is 76.4 Å². The number of nitrogen functional groups attached to an aromatic ring is 1. The number of halogens is 2. The fourth-order valence-electron chi connectivity index (χ4n) is 1.99. The van der Waals surface area contributed by atoms with Gasteiger partial charge in [-0.05, 0) is 40.2 Å². The van der Waals surface area contributed by atoms with E-state index in [2.05, 4.69) is 26.6 Å². The first-order valence-electron chi connectivity index (χ1n) is 6.11.